The lowest BCUT2D eigenvalue weighted by molar-refractivity contribution is 0.0592. The molecule has 0 fully saturated rings. The molecule has 0 unspecified atom stereocenters. The third-order valence-corrected chi connectivity index (χ3v) is 9.06. The molecule has 0 N–H and O–H groups in total. The van der Waals surface area contributed by atoms with Gasteiger partial charge in [0.15, 0.2) is 0 Å². The number of aryl methyl sites for hydroxylation is 3. The Morgan fingerprint density at radius 2 is 1.02 bits per heavy atom. The summed E-state index contributed by atoms with van der Waals surface area (Å²) in [6, 6.07) is 15.5. The van der Waals surface area contributed by atoms with Crippen molar-refractivity contribution in [1.82, 2.24) is 29.3 Å². The standard InChI is InChI=1S/C13H15BrN2O3.C13H15FN2O3.C13H16N2O3/c2*1-18-7-3-6-16-11-8-9(13(17)19-2)4-5-10(11)12(14)15-16;1-17-7-3-6-15-12-8-10(13(16)18-2)4-5-11(12)9-14-15/h2*4-5,8H,3,6-7H2,1-2H3;4-5,8-9H,3,6-7H2,1-2H3. The quantitative estimate of drug-likeness (QED) is 0.0630. The van der Waals surface area contributed by atoms with Crippen LogP contribution < -0.4 is 0 Å². The number of nitrogens with zero attached hydrogens (tertiary/aromatic N) is 6. The number of hydrogen-bond acceptors (Lipinski definition) is 12. The number of halogens is 2. The van der Waals surface area contributed by atoms with E-state index in [1.54, 1.807) is 57.9 Å². The minimum Gasteiger partial charge on any atom is -0.465 e. The zero-order valence-electron chi connectivity index (χ0n) is 32.3. The minimum absolute atomic E-state index is 0.332. The predicted octanol–water partition coefficient (Wildman–Crippen LogP) is 6.48. The van der Waals surface area contributed by atoms with Crippen molar-refractivity contribution >= 4 is 66.5 Å². The summed E-state index contributed by atoms with van der Waals surface area (Å²) in [7, 11) is 9.02. The van der Waals surface area contributed by atoms with Gasteiger partial charge >= 0.3 is 17.9 Å². The average Bonchev–Trinajstić information content (AvgIpc) is 3.89. The molecule has 6 rings (SSSR count). The highest BCUT2D eigenvalue weighted by Gasteiger charge is 2.15. The van der Waals surface area contributed by atoms with Crippen molar-refractivity contribution < 1.29 is 47.2 Å². The molecular formula is C39H46BrFN6O9. The third kappa shape index (κ3) is 11.2. The molecule has 15 nitrogen and oxygen atoms in total. The Labute approximate surface area is 331 Å². The first kappa shape index (κ1) is 43.5. The molecule has 3 aromatic carbocycles. The summed E-state index contributed by atoms with van der Waals surface area (Å²) in [5.74, 6) is -1.67. The third-order valence-electron chi connectivity index (χ3n) is 8.48. The van der Waals surface area contributed by atoms with Crippen LogP contribution in [-0.2, 0) is 48.1 Å². The van der Waals surface area contributed by atoms with Crippen LogP contribution in [0.15, 0.2) is 65.4 Å². The lowest BCUT2D eigenvalue weighted by Gasteiger charge is -2.04. The molecule has 0 saturated heterocycles. The van der Waals surface area contributed by atoms with E-state index in [4.69, 9.17) is 23.7 Å². The maximum atomic E-state index is 13.7. The van der Waals surface area contributed by atoms with Gasteiger partial charge in [-0.2, -0.15) is 14.6 Å². The van der Waals surface area contributed by atoms with E-state index >= 15 is 0 Å². The lowest BCUT2D eigenvalue weighted by Crippen LogP contribution is -2.05. The van der Waals surface area contributed by atoms with Crippen molar-refractivity contribution in [2.45, 2.75) is 38.9 Å². The Bertz CT molecular complexity index is 2130. The summed E-state index contributed by atoms with van der Waals surface area (Å²) in [5, 5.41) is 14.9. The molecule has 3 aromatic heterocycles. The molecule has 0 radical (unpaired) electrons. The molecule has 0 aliphatic carbocycles. The summed E-state index contributed by atoms with van der Waals surface area (Å²) in [6.45, 7) is 3.97. The summed E-state index contributed by atoms with van der Waals surface area (Å²) in [5.41, 5.74) is 3.87. The SMILES string of the molecule is COCCCn1nc(Br)c2ccc(C(=O)OC)cc21.COCCCn1nc(F)c2ccc(C(=O)OC)cc21.COCCCn1ncc2ccc(C(=O)OC)cc21. The van der Waals surface area contributed by atoms with Gasteiger partial charge in [0.2, 0.25) is 5.95 Å². The van der Waals surface area contributed by atoms with Gasteiger partial charge in [0.05, 0.1) is 66.2 Å². The zero-order chi connectivity index (χ0) is 40.6. The number of carbonyl (C=O) groups excluding carboxylic acids is 3. The molecule has 0 aliphatic rings. The van der Waals surface area contributed by atoms with E-state index in [0.29, 0.717) is 54.0 Å². The molecule has 300 valence electrons. The molecule has 56 heavy (non-hydrogen) atoms. The highest BCUT2D eigenvalue weighted by Crippen LogP contribution is 2.25. The second-order valence-corrected chi connectivity index (χ2v) is 12.9. The van der Waals surface area contributed by atoms with Crippen LogP contribution in [0.25, 0.3) is 32.7 Å². The Kier molecular flexibility index (Phi) is 16.9. The number of esters is 3. The van der Waals surface area contributed by atoms with Gasteiger partial charge in [-0.3, -0.25) is 14.0 Å². The van der Waals surface area contributed by atoms with Crippen LogP contribution in [0.4, 0.5) is 4.39 Å². The van der Waals surface area contributed by atoms with E-state index in [9.17, 15) is 18.8 Å². The normalized spacial score (nSPS) is 10.9. The first-order valence-electron chi connectivity index (χ1n) is 17.6. The lowest BCUT2D eigenvalue weighted by atomic mass is 10.1. The largest absolute Gasteiger partial charge is 0.465 e. The van der Waals surface area contributed by atoms with Gasteiger partial charge in [0.25, 0.3) is 0 Å². The summed E-state index contributed by atoms with van der Waals surface area (Å²) in [4.78, 5) is 34.5. The molecular weight excluding hydrogens is 795 g/mol. The fourth-order valence-electron chi connectivity index (χ4n) is 5.67. The summed E-state index contributed by atoms with van der Waals surface area (Å²) in [6.07, 6.45) is 4.26. The summed E-state index contributed by atoms with van der Waals surface area (Å²) < 4.78 is 48.8. The predicted molar refractivity (Wildman–Crippen MR) is 210 cm³/mol. The molecule has 3 heterocycles. The number of aromatic nitrogens is 6. The van der Waals surface area contributed by atoms with Crippen LogP contribution in [-0.4, -0.2) is 110 Å². The zero-order valence-corrected chi connectivity index (χ0v) is 33.8. The van der Waals surface area contributed by atoms with Gasteiger partial charge in [-0.15, -0.1) is 5.10 Å². The van der Waals surface area contributed by atoms with Gasteiger partial charge in [-0.1, -0.05) is 6.07 Å². The molecule has 0 bridgehead atoms. The maximum Gasteiger partial charge on any atom is 0.337 e. The monoisotopic (exact) mass is 840 g/mol. The smallest absolute Gasteiger partial charge is 0.337 e. The van der Waals surface area contributed by atoms with Gasteiger partial charge in [0.1, 0.15) is 4.60 Å². The maximum absolute atomic E-state index is 13.7. The highest BCUT2D eigenvalue weighted by atomic mass is 79.9. The van der Waals surface area contributed by atoms with Crippen LogP contribution in [0, 0.1) is 5.95 Å². The van der Waals surface area contributed by atoms with Crippen LogP contribution in [0.1, 0.15) is 50.3 Å². The Balaban J connectivity index is 0.000000187. The Morgan fingerprint density at radius 1 is 0.589 bits per heavy atom. The molecule has 0 atom stereocenters. The second kappa shape index (κ2) is 21.8. The first-order chi connectivity index (χ1) is 27.1. The minimum atomic E-state index is -0.538. The van der Waals surface area contributed by atoms with Crippen LogP contribution in [0.3, 0.4) is 0 Å². The highest BCUT2D eigenvalue weighted by molar-refractivity contribution is 9.10. The van der Waals surface area contributed by atoms with Crippen LogP contribution in [0.5, 0.6) is 0 Å². The number of benzene rings is 3. The number of ether oxygens (including phenoxy) is 6. The van der Waals surface area contributed by atoms with Crippen molar-refractivity contribution in [1.29, 1.82) is 0 Å². The molecule has 6 aromatic rings. The fraction of sp³-hybridized carbons (Fsp3) is 0.385. The van der Waals surface area contributed by atoms with Crippen molar-refractivity contribution in [3.05, 3.63) is 88.0 Å². The van der Waals surface area contributed by atoms with Crippen molar-refractivity contribution in [3.63, 3.8) is 0 Å². The average molecular weight is 842 g/mol. The number of rotatable bonds is 15. The van der Waals surface area contributed by atoms with Gasteiger partial charge < -0.3 is 28.4 Å². The fourth-order valence-corrected chi connectivity index (χ4v) is 6.19. The van der Waals surface area contributed by atoms with E-state index in [1.807, 2.05) is 21.5 Å². The van der Waals surface area contributed by atoms with E-state index < -0.39 is 11.9 Å². The molecule has 17 heteroatoms. The van der Waals surface area contributed by atoms with E-state index in [0.717, 1.165) is 58.8 Å². The van der Waals surface area contributed by atoms with Crippen LogP contribution in [0.2, 0.25) is 0 Å². The number of hydrogen-bond donors (Lipinski definition) is 0. The Hall–Kier alpha value is -5.23. The van der Waals surface area contributed by atoms with Crippen molar-refractivity contribution in [3.8, 4) is 0 Å². The van der Waals surface area contributed by atoms with Crippen LogP contribution >= 0.6 is 15.9 Å². The van der Waals surface area contributed by atoms with E-state index in [2.05, 4.69) is 36.0 Å². The molecule has 0 aliphatic heterocycles. The van der Waals surface area contributed by atoms with Gasteiger partial charge in [-0.25, -0.2) is 14.4 Å². The Morgan fingerprint density at radius 3 is 1.52 bits per heavy atom. The topological polar surface area (TPSA) is 160 Å². The number of fused-ring (bicyclic) bond motifs is 3. The number of carbonyl (C=O) groups is 3. The second-order valence-electron chi connectivity index (χ2n) is 12.1. The van der Waals surface area contributed by atoms with Crippen molar-refractivity contribution in [2.75, 3.05) is 62.5 Å². The molecule has 0 spiro atoms. The molecule has 0 amide bonds. The summed E-state index contributed by atoms with van der Waals surface area (Å²) >= 11 is 3.43. The van der Waals surface area contributed by atoms with Gasteiger partial charge in [0, 0.05) is 71.6 Å². The van der Waals surface area contributed by atoms with E-state index in [1.165, 1.54) is 38.1 Å². The number of methoxy groups -OCH3 is 6. The van der Waals surface area contributed by atoms with Crippen molar-refractivity contribution in [2.24, 2.45) is 0 Å². The first-order valence-corrected chi connectivity index (χ1v) is 18.4. The van der Waals surface area contributed by atoms with Gasteiger partial charge in [-0.05, 0) is 83.7 Å². The molecule has 0 saturated carbocycles. The van der Waals surface area contributed by atoms with E-state index in [-0.39, 0.29) is 11.9 Å².